The molecule has 5 heteroatoms. The second-order valence-electron chi connectivity index (χ2n) is 2.89. The summed E-state index contributed by atoms with van der Waals surface area (Å²) in [6, 6.07) is 3.91. The average Bonchev–Trinajstić information content (AvgIpc) is 2.13. The van der Waals surface area contributed by atoms with Crippen LogP contribution in [0.2, 0.25) is 0 Å². The third-order valence-corrected chi connectivity index (χ3v) is 4.81. The molecule has 2 nitrogen and oxygen atoms in total. The Kier molecular flexibility index (Phi) is 4.60. The van der Waals surface area contributed by atoms with Gasteiger partial charge in [-0.1, -0.05) is 0 Å². The van der Waals surface area contributed by atoms with Crippen molar-refractivity contribution in [3.63, 3.8) is 0 Å². The maximum absolute atomic E-state index is 4.13. The summed E-state index contributed by atoms with van der Waals surface area (Å²) in [4.78, 5) is 0. The molecule has 0 saturated heterocycles. The van der Waals surface area contributed by atoms with Crippen molar-refractivity contribution in [3.8, 4) is 0 Å². The highest BCUT2D eigenvalue weighted by atomic mass is 79.9. The van der Waals surface area contributed by atoms with Crippen LogP contribution in [-0.4, -0.2) is 5.71 Å². The summed E-state index contributed by atoms with van der Waals surface area (Å²) in [5, 5.41) is 4.13. The molecule has 0 saturated carbocycles. The maximum atomic E-state index is 4.13. The standard InChI is InChI=1S/C9H9Br3N2/c1-5(2)13-14-7-4-3-6(10)8(11)9(7)12/h3-4,14H,1-2H3. The Bertz CT molecular complexity index is 371. The van der Waals surface area contributed by atoms with E-state index in [1.165, 1.54) is 0 Å². The molecule has 1 aromatic carbocycles. The van der Waals surface area contributed by atoms with E-state index in [9.17, 15) is 0 Å². The van der Waals surface area contributed by atoms with Gasteiger partial charge in [-0.25, -0.2) is 0 Å². The minimum atomic E-state index is 0.932. The van der Waals surface area contributed by atoms with Crippen LogP contribution < -0.4 is 5.43 Å². The zero-order chi connectivity index (χ0) is 10.7. The van der Waals surface area contributed by atoms with Gasteiger partial charge in [-0.3, -0.25) is 5.43 Å². The number of hydrogen-bond donors (Lipinski definition) is 1. The Morgan fingerprint density at radius 1 is 1.14 bits per heavy atom. The predicted octanol–water partition coefficient (Wildman–Crippen LogP) is 4.78. The molecule has 0 unspecified atom stereocenters. The fourth-order valence-electron chi connectivity index (χ4n) is 0.784. The monoisotopic (exact) mass is 382 g/mol. The fraction of sp³-hybridized carbons (Fsp3) is 0.222. The molecule has 1 N–H and O–H groups in total. The van der Waals surface area contributed by atoms with Crippen LogP contribution in [-0.2, 0) is 0 Å². The Hall–Kier alpha value is 0.130. The van der Waals surface area contributed by atoms with Crippen molar-refractivity contribution in [2.75, 3.05) is 5.43 Å². The van der Waals surface area contributed by atoms with Gasteiger partial charge < -0.3 is 0 Å². The van der Waals surface area contributed by atoms with Crippen molar-refractivity contribution >= 4 is 59.2 Å². The van der Waals surface area contributed by atoms with Crippen LogP contribution in [0.5, 0.6) is 0 Å². The number of hydrogen-bond acceptors (Lipinski definition) is 2. The lowest BCUT2D eigenvalue weighted by molar-refractivity contribution is 1.30. The van der Waals surface area contributed by atoms with Gasteiger partial charge in [0.15, 0.2) is 0 Å². The highest BCUT2D eigenvalue weighted by Gasteiger charge is 2.06. The van der Waals surface area contributed by atoms with Gasteiger partial charge in [-0.05, 0) is 73.8 Å². The third kappa shape index (κ3) is 3.07. The summed E-state index contributed by atoms with van der Waals surface area (Å²) in [6.45, 7) is 3.88. The van der Waals surface area contributed by atoms with Gasteiger partial charge in [0, 0.05) is 14.7 Å². The molecule has 0 bridgehead atoms. The van der Waals surface area contributed by atoms with Crippen LogP contribution >= 0.6 is 47.8 Å². The summed E-state index contributed by atoms with van der Waals surface area (Å²) in [7, 11) is 0. The van der Waals surface area contributed by atoms with Crippen LogP contribution in [0.15, 0.2) is 30.7 Å². The Morgan fingerprint density at radius 3 is 2.36 bits per heavy atom. The molecule has 0 aliphatic rings. The molecule has 1 rings (SSSR count). The van der Waals surface area contributed by atoms with Gasteiger partial charge in [-0.2, -0.15) is 5.10 Å². The first-order chi connectivity index (χ1) is 6.52. The van der Waals surface area contributed by atoms with Gasteiger partial charge in [0.25, 0.3) is 0 Å². The maximum Gasteiger partial charge on any atom is 0.0716 e. The van der Waals surface area contributed by atoms with E-state index >= 15 is 0 Å². The Morgan fingerprint density at radius 2 is 1.79 bits per heavy atom. The number of rotatable bonds is 2. The zero-order valence-corrected chi connectivity index (χ0v) is 12.5. The lowest BCUT2D eigenvalue weighted by Gasteiger charge is -2.07. The van der Waals surface area contributed by atoms with Gasteiger partial charge in [0.1, 0.15) is 0 Å². The van der Waals surface area contributed by atoms with E-state index in [2.05, 4.69) is 58.3 Å². The van der Waals surface area contributed by atoms with E-state index in [1.807, 2.05) is 26.0 Å². The van der Waals surface area contributed by atoms with E-state index in [-0.39, 0.29) is 0 Å². The molecular formula is C9H9Br3N2. The molecule has 0 radical (unpaired) electrons. The second-order valence-corrected chi connectivity index (χ2v) is 5.33. The third-order valence-electron chi connectivity index (χ3n) is 1.44. The lowest BCUT2D eigenvalue weighted by Crippen LogP contribution is -1.94. The summed E-state index contributed by atoms with van der Waals surface area (Å²) in [6.07, 6.45) is 0. The van der Waals surface area contributed by atoms with Crippen molar-refractivity contribution in [1.29, 1.82) is 0 Å². The van der Waals surface area contributed by atoms with E-state index in [1.54, 1.807) is 0 Å². The molecule has 0 spiro atoms. The van der Waals surface area contributed by atoms with Crippen LogP contribution in [0.4, 0.5) is 5.69 Å². The molecule has 76 valence electrons. The van der Waals surface area contributed by atoms with Gasteiger partial charge in [0.05, 0.1) is 10.2 Å². The fourth-order valence-corrected chi connectivity index (χ4v) is 2.16. The Labute approximate surface area is 109 Å². The second kappa shape index (κ2) is 5.28. The lowest BCUT2D eigenvalue weighted by atomic mass is 10.3. The molecular weight excluding hydrogens is 376 g/mol. The first-order valence-electron chi connectivity index (χ1n) is 3.92. The van der Waals surface area contributed by atoms with Crippen LogP contribution in [0.25, 0.3) is 0 Å². The molecule has 0 heterocycles. The van der Waals surface area contributed by atoms with Crippen molar-refractivity contribution in [2.24, 2.45) is 5.10 Å². The smallest absolute Gasteiger partial charge is 0.0716 e. The summed E-state index contributed by atoms with van der Waals surface area (Å²) >= 11 is 10.3. The first kappa shape index (κ1) is 12.2. The van der Waals surface area contributed by atoms with Gasteiger partial charge in [0.2, 0.25) is 0 Å². The van der Waals surface area contributed by atoms with Crippen LogP contribution in [0.3, 0.4) is 0 Å². The summed E-state index contributed by atoms with van der Waals surface area (Å²) < 4.78 is 2.94. The van der Waals surface area contributed by atoms with Gasteiger partial charge in [-0.15, -0.1) is 0 Å². The molecule has 0 aromatic heterocycles. The molecule has 0 aliphatic heterocycles. The minimum Gasteiger partial charge on any atom is -0.277 e. The quantitative estimate of drug-likeness (QED) is 0.443. The number of hydrazone groups is 1. The molecule has 0 aliphatic carbocycles. The summed E-state index contributed by atoms with van der Waals surface area (Å²) in [5.74, 6) is 0. The molecule has 14 heavy (non-hydrogen) atoms. The predicted molar refractivity (Wildman–Crippen MR) is 71.9 cm³/mol. The highest BCUT2D eigenvalue weighted by Crippen LogP contribution is 2.36. The number of halogens is 3. The minimum absolute atomic E-state index is 0.932. The number of benzene rings is 1. The Balaban J connectivity index is 3.00. The number of nitrogens with one attached hydrogen (secondary N) is 1. The number of anilines is 1. The highest BCUT2D eigenvalue weighted by molar-refractivity contribution is 9.14. The van der Waals surface area contributed by atoms with E-state index in [0.717, 1.165) is 24.8 Å². The van der Waals surface area contributed by atoms with E-state index < -0.39 is 0 Å². The molecule has 0 amide bonds. The summed E-state index contributed by atoms with van der Waals surface area (Å²) in [5.41, 5.74) is 4.88. The topological polar surface area (TPSA) is 24.4 Å². The average molecular weight is 385 g/mol. The van der Waals surface area contributed by atoms with Crippen molar-refractivity contribution in [3.05, 3.63) is 25.6 Å². The van der Waals surface area contributed by atoms with E-state index in [4.69, 9.17) is 0 Å². The first-order valence-corrected chi connectivity index (χ1v) is 6.30. The van der Waals surface area contributed by atoms with Crippen LogP contribution in [0.1, 0.15) is 13.8 Å². The van der Waals surface area contributed by atoms with Crippen molar-refractivity contribution < 1.29 is 0 Å². The van der Waals surface area contributed by atoms with E-state index in [0.29, 0.717) is 0 Å². The molecule has 0 atom stereocenters. The van der Waals surface area contributed by atoms with Gasteiger partial charge >= 0.3 is 0 Å². The van der Waals surface area contributed by atoms with Crippen molar-refractivity contribution in [2.45, 2.75) is 13.8 Å². The normalized spacial score (nSPS) is 9.79. The largest absolute Gasteiger partial charge is 0.277 e. The van der Waals surface area contributed by atoms with Crippen LogP contribution in [0, 0.1) is 0 Å². The number of nitrogens with zero attached hydrogens (tertiary/aromatic N) is 1. The SMILES string of the molecule is CC(C)=NNc1ccc(Br)c(Br)c1Br. The molecule has 0 fully saturated rings. The zero-order valence-electron chi connectivity index (χ0n) is 7.74. The van der Waals surface area contributed by atoms with Crippen molar-refractivity contribution in [1.82, 2.24) is 0 Å². The molecule has 1 aromatic rings.